The number of carbonyl (C=O) groups excluding carboxylic acids is 2. The van der Waals surface area contributed by atoms with Gasteiger partial charge in [-0.15, -0.1) is 0 Å². The molecular formula is C17H26O5. The highest BCUT2D eigenvalue weighted by molar-refractivity contribution is 5.76. The second kappa shape index (κ2) is 8.32. The van der Waals surface area contributed by atoms with Crippen LogP contribution in [0.1, 0.15) is 44.9 Å². The number of methoxy groups -OCH3 is 1. The monoisotopic (exact) mass is 310 g/mol. The van der Waals surface area contributed by atoms with Gasteiger partial charge in [0.15, 0.2) is 0 Å². The molecule has 0 amide bonds. The predicted molar refractivity (Wildman–Crippen MR) is 80.9 cm³/mol. The first-order valence-electron chi connectivity index (χ1n) is 8.22. The molecule has 22 heavy (non-hydrogen) atoms. The molecular weight excluding hydrogens is 284 g/mol. The van der Waals surface area contributed by atoms with Crippen molar-refractivity contribution in [2.24, 2.45) is 17.8 Å². The number of allylic oxidation sites excluding steroid dienone is 2. The summed E-state index contributed by atoms with van der Waals surface area (Å²) in [5.74, 6) is -0.397. The van der Waals surface area contributed by atoms with Gasteiger partial charge in [0.1, 0.15) is 6.10 Å². The number of aliphatic hydroxyl groups excluding tert-OH is 1. The number of ether oxygens (including phenoxy) is 2. The van der Waals surface area contributed by atoms with E-state index in [0.29, 0.717) is 12.8 Å². The van der Waals surface area contributed by atoms with Crippen molar-refractivity contribution < 1.29 is 24.2 Å². The Hall–Kier alpha value is -1.36. The molecule has 0 aromatic rings. The van der Waals surface area contributed by atoms with Gasteiger partial charge in [0, 0.05) is 12.5 Å². The van der Waals surface area contributed by atoms with E-state index in [1.54, 1.807) is 0 Å². The number of aliphatic hydroxyl groups is 1. The summed E-state index contributed by atoms with van der Waals surface area (Å²) in [7, 11) is 1.41. The van der Waals surface area contributed by atoms with Crippen molar-refractivity contribution in [3.05, 3.63) is 12.2 Å². The van der Waals surface area contributed by atoms with Gasteiger partial charge in [-0.2, -0.15) is 0 Å². The van der Waals surface area contributed by atoms with Gasteiger partial charge in [-0.1, -0.05) is 25.0 Å². The SMILES string of the molecule is COC(=O)[C@H]1CC2OC(=O)CC2[C@@H]1/C=C/CCCCCCO. The lowest BCUT2D eigenvalue weighted by atomic mass is 9.87. The molecule has 5 nitrogen and oxygen atoms in total. The summed E-state index contributed by atoms with van der Waals surface area (Å²) in [6.45, 7) is 0.260. The Kier molecular flexibility index (Phi) is 6.43. The van der Waals surface area contributed by atoms with Gasteiger partial charge >= 0.3 is 11.9 Å². The molecule has 4 atom stereocenters. The molecule has 1 saturated heterocycles. The molecule has 2 aliphatic rings. The molecule has 2 fully saturated rings. The first-order valence-corrected chi connectivity index (χ1v) is 8.22. The third kappa shape index (κ3) is 4.09. The van der Waals surface area contributed by atoms with Crippen LogP contribution >= 0.6 is 0 Å². The normalized spacial score (nSPS) is 30.5. The zero-order valence-corrected chi connectivity index (χ0v) is 13.2. The summed E-state index contributed by atoms with van der Waals surface area (Å²) in [5, 5.41) is 8.73. The maximum absolute atomic E-state index is 11.9. The lowest BCUT2D eigenvalue weighted by Crippen LogP contribution is -2.22. The van der Waals surface area contributed by atoms with E-state index in [9.17, 15) is 9.59 Å². The third-order valence-electron chi connectivity index (χ3n) is 4.75. The summed E-state index contributed by atoms with van der Waals surface area (Å²) in [6, 6.07) is 0. The van der Waals surface area contributed by atoms with E-state index >= 15 is 0 Å². The number of fused-ring (bicyclic) bond motifs is 1. The van der Waals surface area contributed by atoms with Gasteiger partial charge in [-0.3, -0.25) is 9.59 Å². The van der Waals surface area contributed by atoms with Crippen LogP contribution in [0, 0.1) is 17.8 Å². The Bertz CT molecular complexity index is 417. The number of esters is 2. The predicted octanol–water partition coefficient (Wildman–Crippen LogP) is 2.23. The first kappa shape index (κ1) is 17.0. The van der Waals surface area contributed by atoms with Crippen LogP contribution in [0.3, 0.4) is 0 Å². The van der Waals surface area contributed by atoms with E-state index in [-0.39, 0.29) is 42.4 Å². The molecule has 0 spiro atoms. The highest BCUT2D eigenvalue weighted by Crippen LogP contribution is 2.46. The van der Waals surface area contributed by atoms with Crippen LogP contribution in [-0.4, -0.2) is 36.9 Å². The molecule has 0 radical (unpaired) electrons. The van der Waals surface area contributed by atoms with Crippen molar-refractivity contribution >= 4 is 11.9 Å². The number of rotatable bonds is 8. The molecule has 5 heteroatoms. The Morgan fingerprint density at radius 2 is 2.14 bits per heavy atom. The van der Waals surface area contributed by atoms with Gasteiger partial charge < -0.3 is 14.6 Å². The van der Waals surface area contributed by atoms with Gasteiger partial charge in [0.05, 0.1) is 19.4 Å². The molecule has 0 aromatic carbocycles. The minimum absolute atomic E-state index is 0.0429. The van der Waals surface area contributed by atoms with Crippen molar-refractivity contribution in [1.82, 2.24) is 0 Å². The second-order valence-corrected chi connectivity index (χ2v) is 6.19. The second-order valence-electron chi connectivity index (χ2n) is 6.19. The van der Waals surface area contributed by atoms with Crippen LogP contribution in [0.15, 0.2) is 12.2 Å². The molecule has 1 aliphatic heterocycles. The number of hydrogen-bond acceptors (Lipinski definition) is 5. The molecule has 1 saturated carbocycles. The highest BCUT2D eigenvalue weighted by atomic mass is 16.6. The number of unbranched alkanes of at least 4 members (excludes halogenated alkanes) is 4. The standard InChI is InChI=1S/C17H26O5/c1-21-17(20)14-10-15-13(11-16(19)22-15)12(14)8-6-4-2-3-5-7-9-18/h6,8,12-15,18H,2-5,7,9-11H2,1H3/b8-6+/t12-,13?,14-,15?/m0/s1. The van der Waals surface area contributed by atoms with Crippen LogP contribution in [0.4, 0.5) is 0 Å². The highest BCUT2D eigenvalue weighted by Gasteiger charge is 2.51. The summed E-state index contributed by atoms with van der Waals surface area (Å²) in [5.41, 5.74) is 0. The van der Waals surface area contributed by atoms with E-state index in [4.69, 9.17) is 14.6 Å². The van der Waals surface area contributed by atoms with E-state index in [1.807, 2.05) is 0 Å². The lowest BCUT2D eigenvalue weighted by molar-refractivity contribution is -0.149. The van der Waals surface area contributed by atoms with Crippen molar-refractivity contribution in [2.75, 3.05) is 13.7 Å². The van der Waals surface area contributed by atoms with Crippen LogP contribution in [-0.2, 0) is 19.1 Å². The van der Waals surface area contributed by atoms with Crippen molar-refractivity contribution in [3.8, 4) is 0 Å². The van der Waals surface area contributed by atoms with Gasteiger partial charge in [-0.25, -0.2) is 0 Å². The zero-order chi connectivity index (χ0) is 15.9. The smallest absolute Gasteiger partial charge is 0.309 e. The number of carbonyl (C=O) groups is 2. The number of hydrogen-bond donors (Lipinski definition) is 1. The third-order valence-corrected chi connectivity index (χ3v) is 4.75. The summed E-state index contributed by atoms with van der Waals surface area (Å²) < 4.78 is 10.2. The lowest BCUT2D eigenvalue weighted by Gasteiger charge is -2.17. The zero-order valence-electron chi connectivity index (χ0n) is 13.2. The van der Waals surface area contributed by atoms with E-state index in [1.165, 1.54) is 7.11 Å². The molecule has 0 bridgehead atoms. The van der Waals surface area contributed by atoms with Crippen LogP contribution in [0.25, 0.3) is 0 Å². The Morgan fingerprint density at radius 3 is 2.86 bits per heavy atom. The van der Waals surface area contributed by atoms with Gasteiger partial charge in [0.2, 0.25) is 0 Å². The fraction of sp³-hybridized carbons (Fsp3) is 0.765. The first-order chi connectivity index (χ1) is 10.7. The molecule has 0 aromatic heterocycles. The van der Waals surface area contributed by atoms with Crippen molar-refractivity contribution in [3.63, 3.8) is 0 Å². The van der Waals surface area contributed by atoms with Crippen LogP contribution in [0.2, 0.25) is 0 Å². The largest absolute Gasteiger partial charge is 0.469 e. The molecule has 2 unspecified atom stereocenters. The van der Waals surface area contributed by atoms with Crippen LogP contribution < -0.4 is 0 Å². The van der Waals surface area contributed by atoms with E-state index in [2.05, 4.69) is 12.2 Å². The van der Waals surface area contributed by atoms with Crippen LogP contribution in [0.5, 0.6) is 0 Å². The molecule has 124 valence electrons. The maximum atomic E-state index is 11.9. The Labute approximate surface area is 131 Å². The van der Waals surface area contributed by atoms with Gasteiger partial charge in [-0.05, 0) is 31.6 Å². The summed E-state index contributed by atoms with van der Waals surface area (Å²) in [6.07, 6.45) is 10.1. The molecule has 1 heterocycles. The minimum atomic E-state index is -0.206. The quantitative estimate of drug-likeness (QED) is 0.423. The summed E-state index contributed by atoms with van der Waals surface area (Å²) in [4.78, 5) is 23.4. The average Bonchev–Trinajstić information content (AvgIpc) is 3.02. The van der Waals surface area contributed by atoms with E-state index in [0.717, 1.165) is 32.1 Å². The van der Waals surface area contributed by atoms with Gasteiger partial charge in [0.25, 0.3) is 0 Å². The van der Waals surface area contributed by atoms with Crippen molar-refractivity contribution in [1.29, 1.82) is 0 Å². The van der Waals surface area contributed by atoms with Crippen molar-refractivity contribution in [2.45, 2.75) is 51.0 Å². The average molecular weight is 310 g/mol. The fourth-order valence-electron chi connectivity index (χ4n) is 3.60. The maximum Gasteiger partial charge on any atom is 0.309 e. The Morgan fingerprint density at radius 1 is 1.36 bits per heavy atom. The van der Waals surface area contributed by atoms with E-state index < -0.39 is 0 Å². The Balaban J connectivity index is 1.86. The minimum Gasteiger partial charge on any atom is -0.469 e. The topological polar surface area (TPSA) is 72.8 Å². The molecule has 1 N–H and O–H groups in total. The summed E-state index contributed by atoms with van der Waals surface area (Å²) >= 11 is 0. The molecule has 1 aliphatic carbocycles. The fourth-order valence-corrected chi connectivity index (χ4v) is 3.60. The molecule has 2 rings (SSSR count).